The average molecular weight is 204 g/mol. The van der Waals surface area contributed by atoms with E-state index in [0.717, 1.165) is 0 Å². The van der Waals surface area contributed by atoms with Crippen molar-refractivity contribution >= 4 is 10.8 Å². The molecule has 4 heteroatoms. The van der Waals surface area contributed by atoms with Crippen molar-refractivity contribution in [3.63, 3.8) is 0 Å². The van der Waals surface area contributed by atoms with E-state index in [9.17, 15) is 4.21 Å². The first-order chi connectivity index (χ1) is 6.60. The molecule has 0 saturated heterocycles. The third-order valence-electron chi connectivity index (χ3n) is 1.81. The molecule has 0 fully saturated rings. The van der Waals surface area contributed by atoms with Crippen LogP contribution in [0.15, 0.2) is 33.1 Å². The predicted molar refractivity (Wildman–Crippen MR) is 53.9 cm³/mol. The molecule has 70 valence electrons. The molecule has 0 aliphatic carbocycles. The van der Waals surface area contributed by atoms with Gasteiger partial charge in [-0.25, -0.2) is 4.21 Å². The smallest absolute Gasteiger partial charge is 0.136 e. The molecule has 0 unspecified atom stereocenters. The summed E-state index contributed by atoms with van der Waals surface area (Å²) in [5, 5.41) is 17.3. The van der Waals surface area contributed by atoms with Crippen LogP contribution in [0.25, 0.3) is 0 Å². The number of hydrogen-bond donors (Lipinski definition) is 0. The lowest BCUT2D eigenvalue weighted by molar-refractivity contribution is 0.690. The third-order valence-corrected chi connectivity index (χ3v) is 3.22. The van der Waals surface area contributed by atoms with Crippen LogP contribution < -0.4 is 0 Å². The first-order valence-electron chi connectivity index (χ1n) is 3.93. The van der Waals surface area contributed by atoms with Gasteiger partial charge >= 0.3 is 0 Å². The highest BCUT2D eigenvalue weighted by Gasteiger charge is 2.13. The van der Waals surface area contributed by atoms with Gasteiger partial charge in [0.05, 0.1) is 10.8 Å². The summed E-state index contributed by atoms with van der Waals surface area (Å²) in [5.74, 6) is 0. The third kappa shape index (κ3) is 1.81. The predicted octanol–water partition coefficient (Wildman–Crippen LogP) is 1.90. The van der Waals surface area contributed by atoms with Crippen LogP contribution in [-0.2, 0) is 10.8 Å². The molecule has 0 atom stereocenters. The summed E-state index contributed by atoms with van der Waals surface area (Å²) >= 11 is 0. The largest absolute Gasteiger partial charge is 0.250 e. The molecule has 0 aromatic carbocycles. The summed E-state index contributed by atoms with van der Waals surface area (Å²) in [5.41, 5.74) is 0.602. The van der Waals surface area contributed by atoms with Gasteiger partial charge in [-0.15, -0.1) is 0 Å². The van der Waals surface area contributed by atoms with Crippen molar-refractivity contribution in [3.8, 4) is 12.1 Å². The molecule has 0 aromatic heterocycles. The van der Waals surface area contributed by atoms with Crippen LogP contribution >= 0.6 is 0 Å². The molecule has 1 aliphatic rings. The normalized spacial score (nSPS) is 20.3. The number of rotatable bonds is 0. The van der Waals surface area contributed by atoms with E-state index in [1.807, 2.05) is 12.1 Å². The number of allylic oxidation sites excluding steroid dienone is 6. The molecular weight excluding hydrogens is 196 g/mol. The molecule has 0 aromatic rings. The van der Waals surface area contributed by atoms with Gasteiger partial charge in [-0.2, -0.15) is 10.5 Å². The summed E-state index contributed by atoms with van der Waals surface area (Å²) in [4.78, 5) is 1.34. The molecule has 0 radical (unpaired) electrons. The highest BCUT2D eigenvalue weighted by Crippen LogP contribution is 2.23. The molecule has 3 nitrogen and oxygen atoms in total. The molecule has 1 aliphatic heterocycles. The molecule has 0 bridgehead atoms. The van der Waals surface area contributed by atoms with E-state index in [1.165, 1.54) is 0 Å². The van der Waals surface area contributed by atoms with Gasteiger partial charge < -0.3 is 0 Å². The molecular formula is C10H8N2OS. The van der Waals surface area contributed by atoms with E-state index in [0.29, 0.717) is 15.4 Å². The van der Waals surface area contributed by atoms with Crippen LogP contribution in [0.2, 0.25) is 0 Å². The first kappa shape index (κ1) is 10.4. The summed E-state index contributed by atoms with van der Waals surface area (Å²) in [7, 11) is -1.10. The molecule has 0 spiro atoms. The van der Waals surface area contributed by atoms with Crippen molar-refractivity contribution in [2.45, 2.75) is 13.8 Å². The van der Waals surface area contributed by atoms with Crippen molar-refractivity contribution in [2.75, 3.05) is 0 Å². The zero-order chi connectivity index (χ0) is 10.7. The fourth-order valence-electron chi connectivity index (χ4n) is 1.14. The Morgan fingerprint density at radius 1 is 1.21 bits per heavy atom. The topological polar surface area (TPSA) is 64.7 Å². The summed E-state index contributed by atoms with van der Waals surface area (Å²) in [6.07, 6.45) is 3.23. The van der Waals surface area contributed by atoms with Crippen LogP contribution in [0, 0.1) is 22.7 Å². The maximum atomic E-state index is 11.5. The van der Waals surface area contributed by atoms with Crippen LogP contribution in [0.5, 0.6) is 0 Å². The van der Waals surface area contributed by atoms with E-state index in [-0.39, 0.29) is 5.57 Å². The number of hydrogen-bond acceptors (Lipinski definition) is 3. The zero-order valence-corrected chi connectivity index (χ0v) is 8.68. The zero-order valence-electron chi connectivity index (χ0n) is 7.87. The lowest BCUT2D eigenvalue weighted by Crippen LogP contribution is -2.00. The van der Waals surface area contributed by atoms with Gasteiger partial charge in [-0.1, -0.05) is 0 Å². The van der Waals surface area contributed by atoms with E-state index in [2.05, 4.69) is 0 Å². The van der Waals surface area contributed by atoms with Gasteiger partial charge in [0, 0.05) is 15.4 Å². The Morgan fingerprint density at radius 2 is 1.64 bits per heavy atom. The number of nitrogens with zero attached hydrogens (tertiary/aromatic N) is 2. The summed E-state index contributed by atoms with van der Waals surface area (Å²) in [6, 6.07) is 3.62. The van der Waals surface area contributed by atoms with Gasteiger partial charge in [-0.3, -0.25) is 0 Å². The van der Waals surface area contributed by atoms with Crippen molar-refractivity contribution in [1.82, 2.24) is 0 Å². The Balaban J connectivity index is 3.34. The molecule has 1 heterocycles. The fourth-order valence-corrected chi connectivity index (χ4v) is 2.11. The quantitative estimate of drug-likeness (QED) is 0.566. The minimum atomic E-state index is -1.10. The number of nitriles is 2. The minimum Gasteiger partial charge on any atom is -0.250 e. The van der Waals surface area contributed by atoms with Crippen LogP contribution in [0.4, 0.5) is 0 Å². The Morgan fingerprint density at radius 3 is 2.00 bits per heavy atom. The van der Waals surface area contributed by atoms with Crippen LogP contribution in [0.1, 0.15) is 13.8 Å². The van der Waals surface area contributed by atoms with Gasteiger partial charge in [0.1, 0.15) is 17.7 Å². The standard InChI is InChI=1S/C10H8N2OS/c1-7-3-9(10(5-11)6-12)4-8(2)14(7)13/h3-4H,1-2H3. The summed E-state index contributed by atoms with van der Waals surface area (Å²) < 4.78 is 11.5. The molecule has 1 rings (SSSR count). The molecule has 0 N–H and O–H groups in total. The van der Waals surface area contributed by atoms with Gasteiger partial charge in [0.15, 0.2) is 0 Å². The van der Waals surface area contributed by atoms with E-state index < -0.39 is 10.8 Å². The highest BCUT2D eigenvalue weighted by atomic mass is 32.2. The summed E-state index contributed by atoms with van der Waals surface area (Å²) in [6.45, 7) is 3.44. The average Bonchev–Trinajstić information content (AvgIpc) is 2.16. The van der Waals surface area contributed by atoms with E-state index in [1.54, 1.807) is 26.0 Å². The first-order valence-corrected chi connectivity index (χ1v) is 5.08. The van der Waals surface area contributed by atoms with Gasteiger partial charge in [0.25, 0.3) is 0 Å². The van der Waals surface area contributed by atoms with Crippen molar-refractivity contribution in [1.29, 1.82) is 10.5 Å². The van der Waals surface area contributed by atoms with Crippen LogP contribution in [0.3, 0.4) is 0 Å². The van der Waals surface area contributed by atoms with E-state index >= 15 is 0 Å². The fraction of sp³-hybridized carbons (Fsp3) is 0.200. The highest BCUT2D eigenvalue weighted by molar-refractivity contribution is 7.92. The van der Waals surface area contributed by atoms with Crippen molar-refractivity contribution in [2.24, 2.45) is 0 Å². The van der Waals surface area contributed by atoms with E-state index in [4.69, 9.17) is 10.5 Å². The Labute approximate surface area is 85.1 Å². The second kappa shape index (κ2) is 4.04. The molecule has 0 saturated carbocycles. The second-order valence-electron chi connectivity index (χ2n) is 2.83. The minimum absolute atomic E-state index is 0.0559. The second-order valence-corrected chi connectivity index (χ2v) is 4.66. The van der Waals surface area contributed by atoms with Crippen molar-refractivity contribution in [3.05, 3.63) is 33.1 Å². The SMILES string of the molecule is CC1=CC(=C(C#N)C#N)C=C(C)S1=O. The lowest BCUT2D eigenvalue weighted by Gasteiger charge is -2.09. The van der Waals surface area contributed by atoms with Crippen molar-refractivity contribution < 1.29 is 4.21 Å². The Hall–Kier alpha value is -1.65. The maximum absolute atomic E-state index is 11.5. The van der Waals surface area contributed by atoms with Gasteiger partial charge in [0.2, 0.25) is 0 Å². The monoisotopic (exact) mass is 204 g/mol. The van der Waals surface area contributed by atoms with Gasteiger partial charge in [-0.05, 0) is 26.0 Å². The Bertz CT molecular complexity index is 429. The Kier molecular flexibility index (Phi) is 3.01. The molecule has 0 amide bonds. The van der Waals surface area contributed by atoms with Crippen LogP contribution in [-0.4, -0.2) is 4.21 Å². The lowest BCUT2D eigenvalue weighted by atomic mass is 10.1. The maximum Gasteiger partial charge on any atom is 0.136 e. The molecule has 14 heavy (non-hydrogen) atoms.